The molecule has 4 saturated carbocycles. The van der Waals surface area contributed by atoms with Crippen molar-refractivity contribution in [1.29, 1.82) is 0 Å². The lowest BCUT2D eigenvalue weighted by Crippen LogP contribution is -2.54. The highest BCUT2D eigenvalue weighted by atomic mass is 14.9. The van der Waals surface area contributed by atoms with Crippen molar-refractivity contribution in [1.82, 2.24) is 5.32 Å². The molecule has 0 aromatic rings. The summed E-state index contributed by atoms with van der Waals surface area (Å²) < 4.78 is 0. The maximum Gasteiger partial charge on any atom is 0.0101 e. The third-order valence-electron chi connectivity index (χ3n) is 6.11. The van der Waals surface area contributed by atoms with Crippen molar-refractivity contribution in [3.63, 3.8) is 0 Å². The summed E-state index contributed by atoms with van der Waals surface area (Å²) in [5.74, 6) is 5.59. The topological polar surface area (TPSA) is 12.0 Å². The molecule has 16 heavy (non-hydrogen) atoms. The van der Waals surface area contributed by atoms with Crippen molar-refractivity contribution < 1.29 is 0 Å². The summed E-state index contributed by atoms with van der Waals surface area (Å²) in [7, 11) is 0. The minimum Gasteiger partial charge on any atom is -0.314 e. The molecule has 1 aliphatic heterocycles. The Labute approximate surface area is 99.4 Å². The second-order valence-electron chi connectivity index (χ2n) is 7.06. The first-order valence-corrected chi connectivity index (χ1v) is 7.63. The summed E-state index contributed by atoms with van der Waals surface area (Å²) in [5.41, 5.74) is 0. The zero-order valence-corrected chi connectivity index (χ0v) is 10.3. The van der Waals surface area contributed by atoms with Crippen molar-refractivity contribution in [3.8, 4) is 0 Å². The van der Waals surface area contributed by atoms with E-state index in [1.54, 1.807) is 32.1 Å². The van der Waals surface area contributed by atoms with E-state index in [0.717, 1.165) is 35.6 Å². The average molecular weight is 219 g/mol. The Morgan fingerprint density at radius 2 is 1.44 bits per heavy atom. The lowest BCUT2D eigenvalue weighted by molar-refractivity contribution is -0.0551. The first-order chi connectivity index (χ1) is 7.90. The fourth-order valence-electron chi connectivity index (χ4n) is 5.83. The van der Waals surface area contributed by atoms with Crippen LogP contribution >= 0.6 is 0 Å². The second-order valence-corrected chi connectivity index (χ2v) is 7.06. The van der Waals surface area contributed by atoms with E-state index in [2.05, 4.69) is 5.32 Å². The van der Waals surface area contributed by atoms with E-state index in [0.29, 0.717) is 0 Å². The fourth-order valence-corrected chi connectivity index (χ4v) is 5.83. The van der Waals surface area contributed by atoms with E-state index in [1.807, 2.05) is 0 Å². The molecule has 0 radical (unpaired) electrons. The number of piperidine rings is 1. The monoisotopic (exact) mass is 219 g/mol. The zero-order valence-electron chi connectivity index (χ0n) is 10.3. The van der Waals surface area contributed by atoms with Crippen LogP contribution in [0, 0.1) is 29.6 Å². The Kier molecular flexibility index (Phi) is 2.32. The molecule has 0 aromatic carbocycles. The van der Waals surface area contributed by atoms with E-state index in [4.69, 9.17) is 0 Å². The van der Waals surface area contributed by atoms with Crippen LogP contribution in [0.3, 0.4) is 0 Å². The zero-order chi connectivity index (χ0) is 10.5. The van der Waals surface area contributed by atoms with Crippen LogP contribution < -0.4 is 5.32 Å². The molecule has 1 heteroatoms. The van der Waals surface area contributed by atoms with Gasteiger partial charge >= 0.3 is 0 Å². The Balaban J connectivity index is 1.55. The Morgan fingerprint density at radius 3 is 2.00 bits per heavy atom. The van der Waals surface area contributed by atoms with Crippen LogP contribution in [-0.4, -0.2) is 12.6 Å². The smallest absolute Gasteiger partial charge is 0.0101 e. The van der Waals surface area contributed by atoms with Gasteiger partial charge in [-0.2, -0.15) is 0 Å². The Morgan fingerprint density at radius 1 is 0.750 bits per heavy atom. The van der Waals surface area contributed by atoms with Crippen molar-refractivity contribution in [2.24, 2.45) is 29.6 Å². The van der Waals surface area contributed by atoms with Crippen LogP contribution in [-0.2, 0) is 0 Å². The molecule has 0 spiro atoms. The van der Waals surface area contributed by atoms with Gasteiger partial charge in [0.25, 0.3) is 0 Å². The molecule has 1 heterocycles. The third kappa shape index (κ3) is 1.47. The summed E-state index contributed by atoms with van der Waals surface area (Å²) in [4.78, 5) is 0. The van der Waals surface area contributed by atoms with Crippen molar-refractivity contribution >= 4 is 0 Å². The molecular formula is C15H25N. The predicted octanol–water partition coefficient (Wildman–Crippen LogP) is 3.20. The van der Waals surface area contributed by atoms with E-state index < -0.39 is 0 Å². The fraction of sp³-hybridized carbons (Fsp3) is 1.00. The maximum absolute atomic E-state index is 3.85. The van der Waals surface area contributed by atoms with Crippen LogP contribution in [0.2, 0.25) is 0 Å². The van der Waals surface area contributed by atoms with Crippen molar-refractivity contribution in [3.05, 3.63) is 0 Å². The largest absolute Gasteiger partial charge is 0.314 e. The minimum atomic E-state index is 0.906. The van der Waals surface area contributed by atoms with Gasteiger partial charge in [0.2, 0.25) is 0 Å². The standard InChI is InChI=1S/C15H25N/c1-2-4-16-14(3-1)15-12-6-10-5-11(8-12)9-13(15)7-10/h10-16H,1-9H2. The minimum absolute atomic E-state index is 0.906. The average Bonchev–Trinajstić information content (AvgIpc) is 2.29. The van der Waals surface area contributed by atoms with Gasteiger partial charge in [0.1, 0.15) is 0 Å². The molecule has 5 rings (SSSR count). The molecule has 4 bridgehead atoms. The van der Waals surface area contributed by atoms with E-state index in [-0.39, 0.29) is 0 Å². The third-order valence-corrected chi connectivity index (χ3v) is 6.11. The molecule has 1 saturated heterocycles. The van der Waals surface area contributed by atoms with E-state index in [9.17, 15) is 0 Å². The number of nitrogens with one attached hydrogen (secondary N) is 1. The molecule has 5 fully saturated rings. The highest BCUT2D eigenvalue weighted by Crippen LogP contribution is 2.57. The van der Waals surface area contributed by atoms with Crippen LogP contribution in [0.15, 0.2) is 0 Å². The van der Waals surface area contributed by atoms with Gasteiger partial charge in [-0.3, -0.25) is 0 Å². The molecule has 90 valence electrons. The van der Waals surface area contributed by atoms with Crippen molar-refractivity contribution in [2.75, 3.05) is 6.54 Å². The normalized spacial score (nSPS) is 55.5. The van der Waals surface area contributed by atoms with Gasteiger partial charge < -0.3 is 5.32 Å². The van der Waals surface area contributed by atoms with Gasteiger partial charge in [0.05, 0.1) is 0 Å². The van der Waals surface area contributed by atoms with E-state index in [1.165, 1.54) is 25.8 Å². The lowest BCUT2D eigenvalue weighted by Gasteiger charge is -2.57. The SMILES string of the molecule is C1CCC(C2C3CC4CC(C3)CC2C4)NC1. The van der Waals surface area contributed by atoms with Crippen molar-refractivity contribution in [2.45, 2.75) is 57.4 Å². The summed E-state index contributed by atoms with van der Waals surface area (Å²) in [6.45, 7) is 1.30. The summed E-state index contributed by atoms with van der Waals surface area (Å²) >= 11 is 0. The molecule has 4 aliphatic carbocycles. The molecule has 1 unspecified atom stereocenters. The maximum atomic E-state index is 3.85. The lowest BCUT2D eigenvalue weighted by atomic mass is 9.50. The molecule has 0 amide bonds. The Hall–Kier alpha value is -0.0400. The quantitative estimate of drug-likeness (QED) is 0.714. The van der Waals surface area contributed by atoms with Gasteiger partial charge in [0.15, 0.2) is 0 Å². The van der Waals surface area contributed by atoms with Crippen LogP contribution in [0.1, 0.15) is 51.4 Å². The van der Waals surface area contributed by atoms with Crippen LogP contribution in [0.5, 0.6) is 0 Å². The van der Waals surface area contributed by atoms with Crippen LogP contribution in [0.25, 0.3) is 0 Å². The summed E-state index contributed by atoms with van der Waals surface area (Å²) in [5, 5.41) is 3.85. The first-order valence-electron chi connectivity index (χ1n) is 7.63. The molecule has 1 N–H and O–H groups in total. The second kappa shape index (κ2) is 3.73. The van der Waals surface area contributed by atoms with Gasteiger partial charge in [0, 0.05) is 6.04 Å². The van der Waals surface area contributed by atoms with Gasteiger partial charge in [-0.05, 0) is 81.1 Å². The molecular weight excluding hydrogens is 194 g/mol. The first kappa shape index (κ1) is 9.94. The van der Waals surface area contributed by atoms with Gasteiger partial charge in [-0.1, -0.05) is 6.42 Å². The highest BCUT2D eigenvalue weighted by molar-refractivity contribution is 5.02. The highest BCUT2D eigenvalue weighted by Gasteiger charge is 2.50. The van der Waals surface area contributed by atoms with Gasteiger partial charge in [-0.25, -0.2) is 0 Å². The molecule has 5 aliphatic rings. The van der Waals surface area contributed by atoms with E-state index >= 15 is 0 Å². The molecule has 0 aromatic heterocycles. The molecule has 1 atom stereocenters. The summed E-state index contributed by atoms with van der Waals surface area (Å²) in [6.07, 6.45) is 12.4. The Bertz CT molecular complexity index is 236. The number of rotatable bonds is 1. The number of hydrogen-bond donors (Lipinski definition) is 1. The predicted molar refractivity (Wildman–Crippen MR) is 66.2 cm³/mol. The van der Waals surface area contributed by atoms with Crippen LogP contribution in [0.4, 0.5) is 0 Å². The number of hydrogen-bond acceptors (Lipinski definition) is 1. The van der Waals surface area contributed by atoms with Gasteiger partial charge in [-0.15, -0.1) is 0 Å². The summed E-state index contributed by atoms with van der Waals surface area (Å²) in [6, 6.07) is 0.906. The molecule has 1 nitrogen and oxygen atoms in total.